The number of benzene rings is 1. The number of nitriles is 1. The molecule has 0 bridgehead atoms. The van der Waals surface area contributed by atoms with Gasteiger partial charge < -0.3 is 14.6 Å². The van der Waals surface area contributed by atoms with Crippen molar-refractivity contribution in [3.8, 4) is 17.6 Å². The fourth-order valence-corrected chi connectivity index (χ4v) is 2.70. The van der Waals surface area contributed by atoms with Gasteiger partial charge in [0.25, 0.3) is 0 Å². The van der Waals surface area contributed by atoms with Gasteiger partial charge >= 0.3 is 0 Å². The molecule has 0 saturated carbocycles. The molecule has 110 valence electrons. The highest BCUT2D eigenvalue weighted by Gasteiger charge is 2.23. The molecule has 1 aromatic carbocycles. The molecule has 4 nitrogen and oxygen atoms in total. The van der Waals surface area contributed by atoms with Crippen LogP contribution >= 0.6 is 15.9 Å². The second-order valence-corrected chi connectivity index (χ2v) is 5.41. The van der Waals surface area contributed by atoms with Crippen molar-refractivity contribution in [2.75, 3.05) is 14.2 Å². The van der Waals surface area contributed by atoms with Crippen molar-refractivity contribution in [2.45, 2.75) is 38.2 Å². The third kappa shape index (κ3) is 3.87. The Labute approximate surface area is 128 Å². The zero-order valence-electron chi connectivity index (χ0n) is 12.0. The zero-order valence-corrected chi connectivity index (χ0v) is 13.6. The minimum absolute atomic E-state index is 0.541. The number of halogens is 1. The number of unbranched alkanes of at least 4 members (excludes halogenated alkanes) is 1. The van der Waals surface area contributed by atoms with Gasteiger partial charge in [-0.2, -0.15) is 5.26 Å². The molecular formula is C15H20BrNO3. The predicted molar refractivity (Wildman–Crippen MR) is 81.1 cm³/mol. The zero-order chi connectivity index (χ0) is 15.1. The monoisotopic (exact) mass is 341 g/mol. The van der Waals surface area contributed by atoms with Crippen molar-refractivity contribution < 1.29 is 14.6 Å². The van der Waals surface area contributed by atoms with E-state index in [1.54, 1.807) is 26.4 Å². The van der Waals surface area contributed by atoms with Gasteiger partial charge in [-0.15, -0.1) is 0 Å². The highest BCUT2D eigenvalue weighted by molar-refractivity contribution is 9.10. The third-order valence-corrected chi connectivity index (χ3v) is 3.78. The third-order valence-electron chi connectivity index (χ3n) is 3.19. The Balaban J connectivity index is 3.10. The Morgan fingerprint density at radius 3 is 2.55 bits per heavy atom. The number of methoxy groups -OCH3 is 2. The van der Waals surface area contributed by atoms with Crippen molar-refractivity contribution in [1.29, 1.82) is 5.26 Å². The van der Waals surface area contributed by atoms with Crippen molar-refractivity contribution in [2.24, 2.45) is 0 Å². The highest BCUT2D eigenvalue weighted by atomic mass is 79.9. The number of hydrogen-bond donors (Lipinski definition) is 1. The van der Waals surface area contributed by atoms with Crippen LogP contribution in [0.1, 0.15) is 37.7 Å². The van der Waals surface area contributed by atoms with Gasteiger partial charge in [-0.05, 0) is 40.0 Å². The number of rotatable bonds is 7. The molecule has 20 heavy (non-hydrogen) atoms. The molecule has 1 aromatic rings. The van der Waals surface area contributed by atoms with Crippen molar-refractivity contribution in [3.63, 3.8) is 0 Å². The first kappa shape index (κ1) is 16.8. The lowest BCUT2D eigenvalue weighted by molar-refractivity contribution is 0.148. The van der Waals surface area contributed by atoms with Gasteiger partial charge in [-0.1, -0.05) is 19.8 Å². The highest BCUT2D eigenvalue weighted by Crippen LogP contribution is 2.39. The van der Waals surface area contributed by atoms with E-state index in [1.807, 2.05) is 0 Å². The van der Waals surface area contributed by atoms with E-state index >= 15 is 0 Å². The molecule has 0 heterocycles. The minimum atomic E-state index is -0.676. The van der Waals surface area contributed by atoms with Gasteiger partial charge in [0.15, 0.2) is 11.5 Å². The summed E-state index contributed by atoms with van der Waals surface area (Å²) in [5.74, 6) is 0.550. The summed E-state index contributed by atoms with van der Waals surface area (Å²) >= 11 is 3.40. The second kappa shape index (κ2) is 8.13. The van der Waals surface area contributed by atoms with Crippen LogP contribution < -0.4 is 9.47 Å². The van der Waals surface area contributed by atoms with E-state index in [-0.39, 0.29) is 0 Å². The van der Waals surface area contributed by atoms with Crippen LogP contribution in [0.2, 0.25) is 0 Å². The SMILES string of the molecule is CCCCC(O)C(C#N)c1cc(Br)c(OC)c(OC)c1. The number of nitrogens with zero attached hydrogens (tertiary/aromatic N) is 1. The summed E-state index contributed by atoms with van der Waals surface area (Å²) in [6.07, 6.45) is 1.82. The largest absolute Gasteiger partial charge is 0.493 e. The number of ether oxygens (including phenoxy) is 2. The standard InChI is InChI=1S/C15H20BrNO3/c1-4-5-6-13(18)11(9-17)10-7-12(16)15(20-3)14(8-10)19-2/h7-8,11,13,18H,4-6H2,1-3H3. The Kier molecular flexibility index (Phi) is 6.83. The summed E-state index contributed by atoms with van der Waals surface area (Å²) in [4.78, 5) is 0. The maximum absolute atomic E-state index is 10.2. The fraction of sp³-hybridized carbons (Fsp3) is 0.533. The van der Waals surface area contributed by atoms with Crippen LogP contribution in [0.5, 0.6) is 11.5 Å². The lowest BCUT2D eigenvalue weighted by Gasteiger charge is -2.19. The van der Waals surface area contributed by atoms with E-state index in [0.29, 0.717) is 22.4 Å². The fourth-order valence-electron chi connectivity index (χ4n) is 2.08. The summed E-state index contributed by atoms with van der Waals surface area (Å²) in [6.45, 7) is 2.06. The van der Waals surface area contributed by atoms with Crippen LogP contribution in [0, 0.1) is 11.3 Å². The van der Waals surface area contributed by atoms with Gasteiger partial charge in [0.05, 0.1) is 36.8 Å². The molecule has 1 N–H and O–H groups in total. The van der Waals surface area contributed by atoms with Crippen LogP contribution in [0.25, 0.3) is 0 Å². The van der Waals surface area contributed by atoms with Crippen LogP contribution in [0.3, 0.4) is 0 Å². The molecular weight excluding hydrogens is 322 g/mol. The van der Waals surface area contributed by atoms with Gasteiger partial charge in [0, 0.05) is 0 Å². The average Bonchev–Trinajstić information content (AvgIpc) is 2.45. The minimum Gasteiger partial charge on any atom is -0.493 e. The molecule has 0 aliphatic rings. The van der Waals surface area contributed by atoms with Crippen LogP contribution in [0.15, 0.2) is 16.6 Å². The molecule has 0 fully saturated rings. The number of aliphatic hydroxyl groups is 1. The number of aliphatic hydroxyl groups excluding tert-OH is 1. The molecule has 0 radical (unpaired) electrons. The lowest BCUT2D eigenvalue weighted by Crippen LogP contribution is -2.17. The first-order valence-corrected chi connectivity index (χ1v) is 7.37. The summed E-state index contributed by atoms with van der Waals surface area (Å²) in [7, 11) is 3.10. The molecule has 5 heteroatoms. The molecule has 0 saturated heterocycles. The van der Waals surface area contributed by atoms with Crippen LogP contribution in [-0.4, -0.2) is 25.4 Å². The Morgan fingerprint density at radius 2 is 2.05 bits per heavy atom. The van der Waals surface area contributed by atoms with E-state index in [4.69, 9.17) is 9.47 Å². The summed E-state index contributed by atoms with van der Waals surface area (Å²) < 4.78 is 11.2. The van der Waals surface area contributed by atoms with Gasteiger partial charge in [0.1, 0.15) is 0 Å². The molecule has 2 unspecified atom stereocenters. The van der Waals surface area contributed by atoms with Gasteiger partial charge in [-0.25, -0.2) is 0 Å². The number of hydrogen-bond acceptors (Lipinski definition) is 4. The van der Waals surface area contributed by atoms with Crippen molar-refractivity contribution >= 4 is 15.9 Å². The second-order valence-electron chi connectivity index (χ2n) is 4.55. The van der Waals surface area contributed by atoms with Crippen LogP contribution in [-0.2, 0) is 0 Å². The van der Waals surface area contributed by atoms with E-state index < -0.39 is 12.0 Å². The molecule has 0 spiro atoms. The summed E-state index contributed by atoms with van der Waals surface area (Å²) in [6, 6.07) is 5.71. The molecule has 0 aromatic heterocycles. The maximum Gasteiger partial charge on any atom is 0.174 e. The van der Waals surface area contributed by atoms with E-state index in [0.717, 1.165) is 18.4 Å². The van der Waals surface area contributed by atoms with Crippen molar-refractivity contribution in [1.82, 2.24) is 0 Å². The first-order chi connectivity index (χ1) is 9.58. The average molecular weight is 342 g/mol. The smallest absolute Gasteiger partial charge is 0.174 e. The molecule has 0 aliphatic carbocycles. The lowest BCUT2D eigenvalue weighted by atomic mass is 9.91. The molecule has 1 rings (SSSR count). The molecule has 0 amide bonds. The quantitative estimate of drug-likeness (QED) is 0.822. The first-order valence-electron chi connectivity index (χ1n) is 6.58. The van der Waals surface area contributed by atoms with Crippen molar-refractivity contribution in [3.05, 3.63) is 22.2 Å². The Hall–Kier alpha value is -1.25. The molecule has 2 atom stereocenters. The Morgan fingerprint density at radius 1 is 1.35 bits per heavy atom. The van der Waals surface area contributed by atoms with E-state index in [1.165, 1.54) is 0 Å². The Bertz CT molecular complexity index is 485. The molecule has 0 aliphatic heterocycles. The van der Waals surface area contributed by atoms with Gasteiger partial charge in [0.2, 0.25) is 0 Å². The summed E-state index contributed by atoms with van der Waals surface area (Å²) in [5.41, 5.74) is 0.723. The van der Waals surface area contributed by atoms with E-state index in [2.05, 4.69) is 28.9 Å². The summed E-state index contributed by atoms with van der Waals surface area (Å²) in [5, 5.41) is 19.5. The normalized spacial score (nSPS) is 13.4. The topological polar surface area (TPSA) is 62.5 Å². The predicted octanol–water partition coefficient (Wildman–Crippen LogP) is 3.62. The maximum atomic E-state index is 10.2. The van der Waals surface area contributed by atoms with Gasteiger partial charge in [-0.3, -0.25) is 0 Å². The van der Waals surface area contributed by atoms with E-state index in [9.17, 15) is 10.4 Å². The van der Waals surface area contributed by atoms with Crippen LogP contribution in [0.4, 0.5) is 0 Å².